The number of Topliss-reactive ketones (excluding diaryl/α,β-unsaturated/α-hetero) is 1. The van der Waals surface area contributed by atoms with Gasteiger partial charge in [-0.05, 0) is 31.8 Å². The maximum atomic E-state index is 13.4. The first-order valence-electron chi connectivity index (χ1n) is 13.1. The van der Waals surface area contributed by atoms with Crippen LogP contribution in [0.15, 0.2) is 58.6 Å². The van der Waals surface area contributed by atoms with Gasteiger partial charge in [-0.1, -0.05) is 38.2 Å². The van der Waals surface area contributed by atoms with Crippen LogP contribution in [0.25, 0.3) is 0 Å². The number of nitrogens with one attached hydrogen (secondary N) is 1. The fourth-order valence-corrected chi connectivity index (χ4v) is 4.77. The Hall–Kier alpha value is -3.58. The Kier molecular flexibility index (Phi) is 12.2. The van der Waals surface area contributed by atoms with E-state index in [0.29, 0.717) is 5.57 Å². The Morgan fingerprint density at radius 3 is 2.29 bits per heavy atom. The van der Waals surface area contributed by atoms with Crippen molar-refractivity contribution in [2.75, 3.05) is 21.3 Å². The summed E-state index contributed by atoms with van der Waals surface area (Å²) in [6, 6.07) is 0. The predicted molar refractivity (Wildman–Crippen MR) is 148 cm³/mol. The number of fused-ring (bicyclic) bond motifs is 2. The van der Waals surface area contributed by atoms with Gasteiger partial charge in [0.1, 0.15) is 6.10 Å². The lowest BCUT2D eigenvalue weighted by Crippen LogP contribution is -2.40. The van der Waals surface area contributed by atoms with Crippen LogP contribution < -0.4 is 11.1 Å². The average Bonchev–Trinajstić information content (AvgIpc) is 2.92. The van der Waals surface area contributed by atoms with Gasteiger partial charge >= 0.3 is 6.09 Å². The molecule has 1 aliphatic heterocycles. The molecule has 0 fully saturated rings. The molecule has 2 bridgehead atoms. The molecule has 41 heavy (non-hydrogen) atoms. The highest BCUT2D eigenvalue weighted by molar-refractivity contribution is 6.23. The van der Waals surface area contributed by atoms with Crippen LogP contribution in [0.2, 0.25) is 0 Å². The molecule has 226 valence electrons. The molecule has 7 atom stereocenters. The Bertz CT molecular complexity index is 1180. The normalized spacial score (nSPS) is 34.0. The summed E-state index contributed by atoms with van der Waals surface area (Å²) < 4.78 is 21.5. The van der Waals surface area contributed by atoms with E-state index in [0.717, 1.165) is 6.08 Å². The first-order chi connectivity index (χ1) is 19.3. The minimum absolute atomic E-state index is 0.0793. The number of aliphatic hydroxyl groups is 2. The standard InChI is InChI=1S/C29H40N2O10/c1-14-9-8-10-20(38-5)26(41-29(30)37)17(4)11-15(2)23(33)21(39-6)12-16(3)24(34)22-25(35)18(31-28(14)36)13-19(32)27(22)40-7/h8-11,13,15-16,20-21,23-24,26,33-34H,12H2,1-7H3,(H2,30,37)(H,31,36)/b10-8+,14-9-,17-11+/t15-,16-,20-,21-,23+,24+,26-/m0/s1. The van der Waals surface area contributed by atoms with Crippen LogP contribution in [0.1, 0.15) is 34.1 Å². The van der Waals surface area contributed by atoms with Gasteiger partial charge in [0.15, 0.2) is 11.9 Å². The second-order valence-electron chi connectivity index (χ2n) is 10.1. The van der Waals surface area contributed by atoms with Crippen LogP contribution in [0, 0.1) is 11.8 Å². The van der Waals surface area contributed by atoms with Crippen molar-refractivity contribution in [3.05, 3.63) is 58.6 Å². The molecule has 1 aliphatic carbocycles. The van der Waals surface area contributed by atoms with Gasteiger partial charge in [0, 0.05) is 31.8 Å². The summed E-state index contributed by atoms with van der Waals surface area (Å²) >= 11 is 0. The number of nitrogens with two attached hydrogens (primary N) is 1. The molecule has 0 aromatic carbocycles. The average molecular weight is 577 g/mol. The quantitative estimate of drug-likeness (QED) is 0.282. The van der Waals surface area contributed by atoms with Gasteiger partial charge in [0.25, 0.3) is 5.91 Å². The van der Waals surface area contributed by atoms with E-state index < -0.39 is 65.9 Å². The largest absolute Gasteiger partial charge is 0.492 e. The van der Waals surface area contributed by atoms with Gasteiger partial charge in [0.05, 0.1) is 36.7 Å². The molecule has 12 nitrogen and oxygen atoms in total. The number of primary amides is 1. The summed E-state index contributed by atoms with van der Waals surface area (Å²) in [5.74, 6) is -3.71. The van der Waals surface area contributed by atoms with Crippen molar-refractivity contribution in [2.45, 2.75) is 64.6 Å². The molecule has 0 aromatic heterocycles. The Labute approximate surface area is 239 Å². The molecule has 1 heterocycles. The molecule has 0 unspecified atom stereocenters. The molecule has 12 heteroatoms. The van der Waals surface area contributed by atoms with E-state index in [1.165, 1.54) is 40.4 Å². The third-order valence-corrected chi connectivity index (χ3v) is 7.14. The van der Waals surface area contributed by atoms with Crippen molar-refractivity contribution >= 4 is 23.6 Å². The van der Waals surface area contributed by atoms with Crippen LogP contribution in [-0.4, -0.2) is 85.6 Å². The zero-order valence-electron chi connectivity index (χ0n) is 24.4. The summed E-state index contributed by atoms with van der Waals surface area (Å²) in [5.41, 5.74) is 5.39. The number of methoxy groups -OCH3 is 3. The number of amides is 2. The lowest BCUT2D eigenvalue weighted by atomic mass is 9.83. The maximum absolute atomic E-state index is 13.4. The van der Waals surface area contributed by atoms with Crippen LogP contribution >= 0.6 is 0 Å². The van der Waals surface area contributed by atoms with Crippen LogP contribution in [0.4, 0.5) is 4.79 Å². The molecule has 2 rings (SSSR count). The van der Waals surface area contributed by atoms with E-state index in [1.807, 2.05) is 0 Å². The molecular formula is C29H40N2O10. The minimum Gasteiger partial charge on any atom is -0.492 e. The number of ether oxygens (including phenoxy) is 4. The third-order valence-electron chi connectivity index (χ3n) is 7.14. The van der Waals surface area contributed by atoms with Crippen LogP contribution in [-0.2, 0) is 33.3 Å². The van der Waals surface area contributed by atoms with Gasteiger partial charge in [0.2, 0.25) is 11.6 Å². The number of hydrogen-bond donors (Lipinski definition) is 4. The highest BCUT2D eigenvalue weighted by atomic mass is 16.6. The zero-order valence-corrected chi connectivity index (χ0v) is 24.4. The summed E-state index contributed by atoms with van der Waals surface area (Å²) in [4.78, 5) is 50.7. The van der Waals surface area contributed by atoms with E-state index in [9.17, 15) is 29.4 Å². The van der Waals surface area contributed by atoms with Crippen LogP contribution in [0.3, 0.4) is 0 Å². The number of aliphatic hydroxyl groups excluding tert-OH is 2. The van der Waals surface area contributed by atoms with Crippen molar-refractivity contribution in [3.63, 3.8) is 0 Å². The van der Waals surface area contributed by atoms with E-state index >= 15 is 0 Å². The molecule has 0 saturated heterocycles. The molecular weight excluding hydrogens is 536 g/mol. The second kappa shape index (κ2) is 14.9. The minimum atomic E-state index is -1.49. The monoisotopic (exact) mass is 576 g/mol. The van der Waals surface area contributed by atoms with Gasteiger partial charge in [-0.2, -0.15) is 0 Å². The molecule has 5 N–H and O–H groups in total. The number of hydrogen-bond acceptors (Lipinski definition) is 10. The van der Waals surface area contributed by atoms with Gasteiger partial charge in [-0.25, -0.2) is 4.79 Å². The second-order valence-corrected chi connectivity index (χ2v) is 10.1. The third kappa shape index (κ3) is 8.23. The fourth-order valence-electron chi connectivity index (χ4n) is 4.77. The van der Waals surface area contributed by atoms with Crippen molar-refractivity contribution in [1.29, 1.82) is 0 Å². The lowest BCUT2D eigenvalue weighted by molar-refractivity contribution is -0.121. The molecule has 0 radical (unpaired) electrons. The number of ketones is 2. The smallest absolute Gasteiger partial charge is 0.405 e. The number of carbonyl (C=O) groups is 4. The Morgan fingerprint density at radius 2 is 1.73 bits per heavy atom. The van der Waals surface area contributed by atoms with Crippen molar-refractivity contribution in [3.8, 4) is 0 Å². The van der Waals surface area contributed by atoms with Crippen molar-refractivity contribution < 1.29 is 48.3 Å². The first-order valence-corrected chi connectivity index (χ1v) is 13.1. The summed E-state index contributed by atoms with van der Waals surface area (Å²) in [6.45, 7) is 6.55. The SMILES string of the molecule is COC1=C2C(=O)C(=CC1=O)NC(=O)/C(C)=C\C=C\[C@H](OC)[C@@H](OC(N)=O)/C(C)=C/[C@H](C)[C@@H](O)[C@@H](OC)C[C@H](C)[C@H]2O. The topological polar surface area (TPSA) is 184 Å². The fraction of sp³-hybridized carbons (Fsp3) is 0.517. The number of allylic oxidation sites excluding steroid dienone is 4. The highest BCUT2D eigenvalue weighted by Crippen LogP contribution is 2.30. The summed E-state index contributed by atoms with van der Waals surface area (Å²) in [7, 11) is 4.01. The van der Waals surface area contributed by atoms with E-state index in [2.05, 4.69) is 5.32 Å². The van der Waals surface area contributed by atoms with Gasteiger partial charge < -0.3 is 40.2 Å². The lowest BCUT2D eigenvalue weighted by Gasteiger charge is -2.31. The number of carbonyl (C=O) groups excluding carboxylic acids is 4. The Balaban J connectivity index is 2.66. The zero-order chi connectivity index (χ0) is 31.0. The van der Waals surface area contributed by atoms with Crippen molar-refractivity contribution in [1.82, 2.24) is 5.32 Å². The molecule has 2 aliphatic rings. The highest BCUT2D eigenvalue weighted by Gasteiger charge is 2.38. The van der Waals surface area contributed by atoms with E-state index in [-0.39, 0.29) is 29.0 Å². The van der Waals surface area contributed by atoms with Gasteiger partial charge in [-0.15, -0.1) is 0 Å². The van der Waals surface area contributed by atoms with Crippen LogP contribution in [0.5, 0.6) is 0 Å². The van der Waals surface area contributed by atoms with Crippen molar-refractivity contribution in [2.24, 2.45) is 17.6 Å². The molecule has 2 amide bonds. The van der Waals surface area contributed by atoms with E-state index in [4.69, 9.17) is 24.7 Å². The number of rotatable bonds is 4. The molecule has 0 aromatic rings. The maximum Gasteiger partial charge on any atom is 0.405 e. The molecule has 0 spiro atoms. The van der Waals surface area contributed by atoms with Gasteiger partial charge in [-0.3, -0.25) is 14.4 Å². The Morgan fingerprint density at radius 1 is 1.07 bits per heavy atom. The molecule has 0 saturated carbocycles. The first kappa shape index (κ1) is 33.6. The predicted octanol–water partition coefficient (Wildman–Crippen LogP) is 1.38. The van der Waals surface area contributed by atoms with E-state index in [1.54, 1.807) is 32.9 Å². The summed E-state index contributed by atoms with van der Waals surface area (Å²) in [6.07, 6.45) is 1.02. The summed E-state index contributed by atoms with van der Waals surface area (Å²) in [5, 5.41) is 24.8.